The molecule has 21 heavy (non-hydrogen) atoms. The number of rotatable bonds is 6. The van der Waals surface area contributed by atoms with E-state index in [-0.39, 0.29) is 11.1 Å². The summed E-state index contributed by atoms with van der Waals surface area (Å²) in [5.41, 5.74) is 0.709. The van der Waals surface area contributed by atoms with Crippen LogP contribution in [-0.4, -0.2) is 55.3 Å². The van der Waals surface area contributed by atoms with Gasteiger partial charge in [0.15, 0.2) is 5.03 Å². The van der Waals surface area contributed by atoms with Crippen molar-refractivity contribution in [3.63, 3.8) is 0 Å². The SMILES string of the molecule is CN(C1CCOCC1)S(=O)(=O)c1[nH]ncc1CNC1CC1. The number of ether oxygens (including phenoxy) is 1. The van der Waals surface area contributed by atoms with Crippen molar-refractivity contribution in [2.45, 2.75) is 49.3 Å². The second-order valence-electron chi connectivity index (χ2n) is 5.74. The van der Waals surface area contributed by atoms with E-state index >= 15 is 0 Å². The average molecular weight is 314 g/mol. The second-order valence-corrected chi connectivity index (χ2v) is 7.68. The third kappa shape index (κ3) is 3.28. The molecule has 8 heteroatoms. The molecule has 1 aromatic heterocycles. The van der Waals surface area contributed by atoms with Crippen LogP contribution in [0.25, 0.3) is 0 Å². The van der Waals surface area contributed by atoms with Gasteiger partial charge < -0.3 is 10.1 Å². The predicted octanol–water partition coefficient (Wildman–Crippen LogP) is 0.461. The highest BCUT2D eigenvalue weighted by Crippen LogP contribution is 2.24. The van der Waals surface area contributed by atoms with Crippen LogP contribution < -0.4 is 5.32 Å². The van der Waals surface area contributed by atoms with Crippen LogP contribution in [0.15, 0.2) is 11.2 Å². The molecule has 1 aromatic rings. The molecule has 0 atom stereocenters. The van der Waals surface area contributed by atoms with Crippen molar-refractivity contribution in [2.75, 3.05) is 20.3 Å². The van der Waals surface area contributed by atoms with Gasteiger partial charge >= 0.3 is 0 Å². The summed E-state index contributed by atoms with van der Waals surface area (Å²) in [6.45, 7) is 1.77. The number of nitrogens with zero attached hydrogens (tertiary/aromatic N) is 2. The van der Waals surface area contributed by atoms with E-state index in [0.717, 1.165) is 12.8 Å². The summed E-state index contributed by atoms with van der Waals surface area (Å²) in [7, 11) is -1.89. The number of H-pyrrole nitrogens is 1. The van der Waals surface area contributed by atoms with Crippen molar-refractivity contribution < 1.29 is 13.2 Å². The Balaban J connectivity index is 1.75. The Morgan fingerprint density at radius 2 is 2.10 bits per heavy atom. The van der Waals surface area contributed by atoms with Crippen LogP contribution in [0.4, 0.5) is 0 Å². The highest BCUT2D eigenvalue weighted by atomic mass is 32.2. The van der Waals surface area contributed by atoms with Crippen LogP contribution in [-0.2, 0) is 21.3 Å². The molecule has 3 rings (SSSR count). The summed E-state index contributed by atoms with van der Waals surface area (Å²) in [6, 6.07) is 0.528. The van der Waals surface area contributed by atoms with Gasteiger partial charge in [0.1, 0.15) is 0 Å². The zero-order valence-electron chi connectivity index (χ0n) is 12.2. The van der Waals surface area contributed by atoms with E-state index in [0.29, 0.717) is 31.4 Å². The summed E-state index contributed by atoms with van der Waals surface area (Å²) in [6.07, 6.45) is 5.41. The lowest BCUT2D eigenvalue weighted by Crippen LogP contribution is -2.41. The second kappa shape index (κ2) is 6.04. The summed E-state index contributed by atoms with van der Waals surface area (Å²) in [4.78, 5) is 0. The highest BCUT2D eigenvalue weighted by Gasteiger charge is 2.32. The third-order valence-electron chi connectivity index (χ3n) is 4.18. The van der Waals surface area contributed by atoms with Crippen LogP contribution >= 0.6 is 0 Å². The van der Waals surface area contributed by atoms with Crippen molar-refractivity contribution in [2.24, 2.45) is 0 Å². The Morgan fingerprint density at radius 3 is 2.76 bits per heavy atom. The molecule has 2 fully saturated rings. The van der Waals surface area contributed by atoms with Crippen LogP contribution in [0.1, 0.15) is 31.2 Å². The first kappa shape index (κ1) is 15.0. The molecule has 2 N–H and O–H groups in total. The average Bonchev–Trinajstić information content (AvgIpc) is 3.20. The summed E-state index contributed by atoms with van der Waals surface area (Å²) in [5.74, 6) is 0. The van der Waals surface area contributed by atoms with Crippen LogP contribution in [0.3, 0.4) is 0 Å². The standard InChI is InChI=1S/C13H22N4O3S/c1-17(12-4-6-20-7-5-12)21(18,19)13-10(9-15-16-13)8-14-11-2-3-11/h9,11-12,14H,2-8H2,1H3,(H,15,16). The zero-order chi connectivity index (χ0) is 14.9. The van der Waals surface area contributed by atoms with E-state index in [1.807, 2.05) is 0 Å². The molecule has 2 heterocycles. The lowest BCUT2D eigenvalue weighted by Gasteiger charge is -2.30. The monoisotopic (exact) mass is 314 g/mol. The Labute approximate surface area is 125 Å². The maximum Gasteiger partial charge on any atom is 0.260 e. The molecule has 118 valence electrons. The van der Waals surface area contributed by atoms with Crippen molar-refractivity contribution in [1.29, 1.82) is 0 Å². The van der Waals surface area contributed by atoms with Crippen molar-refractivity contribution >= 4 is 10.0 Å². The molecule has 0 aromatic carbocycles. The Kier molecular flexibility index (Phi) is 4.30. The topological polar surface area (TPSA) is 87.3 Å². The predicted molar refractivity (Wildman–Crippen MR) is 77.2 cm³/mol. The number of hydrogen-bond donors (Lipinski definition) is 2. The normalized spacial score (nSPS) is 21.0. The first-order chi connectivity index (χ1) is 10.1. The number of hydrogen-bond acceptors (Lipinski definition) is 5. The van der Waals surface area contributed by atoms with Crippen LogP contribution in [0.5, 0.6) is 0 Å². The third-order valence-corrected chi connectivity index (χ3v) is 6.10. The summed E-state index contributed by atoms with van der Waals surface area (Å²) in [5, 5.41) is 10.1. The molecule has 0 unspecified atom stereocenters. The van der Waals surface area contributed by atoms with Crippen LogP contribution in [0, 0.1) is 0 Å². The van der Waals surface area contributed by atoms with Gasteiger partial charge in [0.25, 0.3) is 10.0 Å². The summed E-state index contributed by atoms with van der Waals surface area (Å²) < 4.78 is 32.3. The zero-order valence-corrected chi connectivity index (χ0v) is 13.0. The number of aromatic nitrogens is 2. The van der Waals surface area contributed by atoms with Gasteiger partial charge in [-0.1, -0.05) is 0 Å². The Morgan fingerprint density at radius 1 is 1.38 bits per heavy atom. The van der Waals surface area contributed by atoms with E-state index in [9.17, 15) is 8.42 Å². The van der Waals surface area contributed by atoms with E-state index in [4.69, 9.17) is 4.74 Å². The Bertz CT molecular complexity index is 576. The molecule has 1 saturated heterocycles. The molecule has 0 spiro atoms. The van der Waals surface area contributed by atoms with Gasteiger partial charge in [-0.25, -0.2) is 8.42 Å². The van der Waals surface area contributed by atoms with Gasteiger partial charge in [0, 0.05) is 44.5 Å². The highest BCUT2D eigenvalue weighted by molar-refractivity contribution is 7.89. The lowest BCUT2D eigenvalue weighted by atomic mass is 10.1. The maximum absolute atomic E-state index is 12.8. The summed E-state index contributed by atoms with van der Waals surface area (Å²) >= 11 is 0. The van der Waals surface area contributed by atoms with Gasteiger partial charge in [0.2, 0.25) is 0 Å². The molecule has 7 nitrogen and oxygen atoms in total. The van der Waals surface area contributed by atoms with E-state index in [1.165, 1.54) is 17.1 Å². The largest absolute Gasteiger partial charge is 0.381 e. The Hall–Kier alpha value is -0.960. The molecule has 2 aliphatic rings. The van der Waals surface area contributed by atoms with Gasteiger partial charge in [-0.15, -0.1) is 0 Å². The van der Waals surface area contributed by atoms with Crippen LogP contribution in [0.2, 0.25) is 0 Å². The molecule has 1 aliphatic carbocycles. The van der Waals surface area contributed by atoms with Crippen molar-refractivity contribution in [3.8, 4) is 0 Å². The van der Waals surface area contributed by atoms with E-state index in [2.05, 4.69) is 15.5 Å². The number of nitrogens with one attached hydrogen (secondary N) is 2. The maximum atomic E-state index is 12.8. The van der Waals surface area contributed by atoms with Gasteiger partial charge in [-0.3, -0.25) is 5.10 Å². The molecule has 1 aliphatic heterocycles. The first-order valence-corrected chi connectivity index (χ1v) is 8.84. The molecular weight excluding hydrogens is 292 g/mol. The fourth-order valence-electron chi connectivity index (χ4n) is 2.58. The minimum Gasteiger partial charge on any atom is -0.381 e. The first-order valence-electron chi connectivity index (χ1n) is 7.40. The van der Waals surface area contributed by atoms with Crippen molar-refractivity contribution in [3.05, 3.63) is 11.8 Å². The number of aromatic amines is 1. The van der Waals surface area contributed by atoms with E-state index < -0.39 is 10.0 Å². The fourth-order valence-corrected chi connectivity index (χ4v) is 4.09. The smallest absolute Gasteiger partial charge is 0.260 e. The van der Waals surface area contributed by atoms with Crippen molar-refractivity contribution in [1.82, 2.24) is 19.8 Å². The molecular formula is C13H22N4O3S. The fraction of sp³-hybridized carbons (Fsp3) is 0.769. The minimum absolute atomic E-state index is 0.00343. The van der Waals surface area contributed by atoms with E-state index in [1.54, 1.807) is 13.2 Å². The van der Waals surface area contributed by atoms with Gasteiger partial charge in [0.05, 0.1) is 6.20 Å². The molecule has 1 saturated carbocycles. The van der Waals surface area contributed by atoms with Gasteiger partial charge in [-0.2, -0.15) is 9.40 Å². The molecule has 0 bridgehead atoms. The quantitative estimate of drug-likeness (QED) is 0.796. The number of sulfonamides is 1. The molecule has 0 radical (unpaired) electrons. The minimum atomic E-state index is -3.53. The lowest BCUT2D eigenvalue weighted by molar-refractivity contribution is 0.0631. The molecule has 0 amide bonds. The van der Waals surface area contributed by atoms with Gasteiger partial charge in [-0.05, 0) is 25.7 Å².